The lowest BCUT2D eigenvalue weighted by atomic mass is 10.3. The van der Waals surface area contributed by atoms with Gasteiger partial charge in [0.15, 0.2) is 0 Å². The van der Waals surface area contributed by atoms with Crippen LogP contribution in [0.25, 0.3) is 5.69 Å². The lowest BCUT2D eigenvalue weighted by Gasteiger charge is -2.15. The summed E-state index contributed by atoms with van der Waals surface area (Å²) in [7, 11) is 1.65. The maximum atomic E-state index is 13.7. The van der Waals surface area contributed by atoms with Gasteiger partial charge in [0.1, 0.15) is 5.82 Å². The molecule has 2 rings (SSSR count). The molecule has 1 atom stereocenters. The zero-order chi connectivity index (χ0) is 14.7. The van der Waals surface area contributed by atoms with E-state index in [9.17, 15) is 4.39 Å². The van der Waals surface area contributed by atoms with Gasteiger partial charge in [-0.05, 0) is 48.0 Å². The topological polar surface area (TPSA) is 39.1 Å². The van der Waals surface area contributed by atoms with E-state index in [-0.39, 0.29) is 11.9 Å². The number of aryl methyl sites for hydroxylation is 1. The highest BCUT2D eigenvalue weighted by Crippen LogP contribution is 2.22. The summed E-state index contributed by atoms with van der Waals surface area (Å²) in [6, 6.07) is 5.10. The summed E-state index contributed by atoms with van der Waals surface area (Å²) in [6.07, 6.45) is 1.87. The van der Waals surface area contributed by atoms with Crippen LogP contribution in [0.3, 0.4) is 0 Å². The van der Waals surface area contributed by atoms with Crippen LogP contribution in [-0.2, 0) is 4.74 Å². The Morgan fingerprint density at radius 2 is 2.25 bits per heavy atom. The highest BCUT2D eigenvalue weighted by molar-refractivity contribution is 9.10. The van der Waals surface area contributed by atoms with Crippen molar-refractivity contribution >= 4 is 21.9 Å². The van der Waals surface area contributed by atoms with E-state index >= 15 is 0 Å². The number of methoxy groups -OCH3 is 1. The zero-order valence-electron chi connectivity index (χ0n) is 11.7. The molecule has 1 aromatic carbocycles. The van der Waals surface area contributed by atoms with Gasteiger partial charge in [-0.2, -0.15) is 0 Å². The van der Waals surface area contributed by atoms with E-state index in [1.807, 2.05) is 30.7 Å². The molecule has 4 nitrogen and oxygen atoms in total. The fourth-order valence-corrected chi connectivity index (χ4v) is 2.19. The summed E-state index contributed by atoms with van der Waals surface area (Å²) < 4.78 is 21.0. The van der Waals surface area contributed by atoms with E-state index in [0.29, 0.717) is 17.0 Å². The number of anilines is 1. The fraction of sp³-hybridized carbons (Fsp3) is 0.357. The zero-order valence-corrected chi connectivity index (χ0v) is 13.2. The van der Waals surface area contributed by atoms with Crippen LogP contribution < -0.4 is 5.32 Å². The van der Waals surface area contributed by atoms with E-state index in [1.54, 1.807) is 13.2 Å². The summed E-state index contributed by atoms with van der Waals surface area (Å²) >= 11 is 3.15. The minimum Gasteiger partial charge on any atom is -0.383 e. The van der Waals surface area contributed by atoms with E-state index in [1.165, 1.54) is 6.07 Å². The van der Waals surface area contributed by atoms with Crippen molar-refractivity contribution in [2.75, 3.05) is 19.0 Å². The van der Waals surface area contributed by atoms with Gasteiger partial charge in [-0.3, -0.25) is 4.57 Å². The maximum Gasteiger partial charge on any atom is 0.208 e. The first-order chi connectivity index (χ1) is 9.51. The molecule has 0 aliphatic heterocycles. The molecule has 0 aliphatic rings. The number of nitrogens with one attached hydrogen (secondary N) is 1. The van der Waals surface area contributed by atoms with Crippen LogP contribution in [0.1, 0.15) is 12.6 Å². The Morgan fingerprint density at radius 3 is 2.90 bits per heavy atom. The third-order valence-corrected chi connectivity index (χ3v) is 3.44. The standard InChI is InChI=1S/C14H17BrFN3O/c1-9-7-19(11-4-5-12(15)13(16)6-11)14(17-9)18-10(2)8-20-3/h4-7,10H,8H2,1-3H3,(H,17,18). The molecule has 0 bridgehead atoms. The lowest BCUT2D eigenvalue weighted by molar-refractivity contribution is 0.190. The highest BCUT2D eigenvalue weighted by atomic mass is 79.9. The lowest BCUT2D eigenvalue weighted by Crippen LogP contribution is -2.22. The second kappa shape index (κ2) is 6.37. The van der Waals surface area contributed by atoms with Gasteiger partial charge >= 0.3 is 0 Å². The van der Waals surface area contributed by atoms with E-state index < -0.39 is 0 Å². The van der Waals surface area contributed by atoms with Crippen molar-refractivity contribution < 1.29 is 9.13 Å². The van der Waals surface area contributed by atoms with Gasteiger partial charge < -0.3 is 10.1 Å². The summed E-state index contributed by atoms with van der Waals surface area (Å²) in [4.78, 5) is 4.42. The van der Waals surface area contributed by atoms with Crippen LogP contribution in [0.4, 0.5) is 10.3 Å². The van der Waals surface area contributed by atoms with Crippen molar-refractivity contribution in [2.45, 2.75) is 19.9 Å². The molecule has 1 aromatic heterocycles. The second-order valence-electron chi connectivity index (χ2n) is 4.68. The average Bonchev–Trinajstić information content (AvgIpc) is 2.74. The fourth-order valence-electron chi connectivity index (χ4n) is 1.94. The molecular formula is C14H17BrFN3O. The number of nitrogens with zero attached hydrogens (tertiary/aromatic N) is 2. The van der Waals surface area contributed by atoms with Gasteiger partial charge in [-0.1, -0.05) is 0 Å². The molecule has 20 heavy (non-hydrogen) atoms. The molecule has 0 aliphatic carbocycles. The van der Waals surface area contributed by atoms with Gasteiger partial charge in [-0.15, -0.1) is 0 Å². The number of hydrogen-bond donors (Lipinski definition) is 1. The molecule has 2 aromatic rings. The van der Waals surface area contributed by atoms with Gasteiger partial charge in [0.2, 0.25) is 5.95 Å². The molecule has 0 radical (unpaired) electrons. The molecule has 0 amide bonds. The molecule has 0 saturated heterocycles. The number of benzene rings is 1. The summed E-state index contributed by atoms with van der Waals surface area (Å²) in [5, 5.41) is 3.26. The minimum atomic E-state index is -0.301. The Labute approximate surface area is 126 Å². The van der Waals surface area contributed by atoms with E-state index in [2.05, 4.69) is 26.2 Å². The molecule has 6 heteroatoms. The van der Waals surface area contributed by atoms with Crippen molar-refractivity contribution in [3.8, 4) is 5.69 Å². The number of halogens is 2. The van der Waals surface area contributed by atoms with Crippen molar-refractivity contribution in [3.05, 3.63) is 40.4 Å². The SMILES string of the molecule is COCC(C)Nc1nc(C)cn1-c1ccc(Br)c(F)c1. The van der Waals surface area contributed by atoms with Crippen molar-refractivity contribution in [1.29, 1.82) is 0 Å². The normalized spacial score (nSPS) is 12.4. The smallest absolute Gasteiger partial charge is 0.208 e. The largest absolute Gasteiger partial charge is 0.383 e. The predicted octanol–water partition coefficient (Wildman–Crippen LogP) is 3.53. The molecule has 0 saturated carbocycles. The van der Waals surface area contributed by atoms with Crippen LogP contribution in [0.5, 0.6) is 0 Å². The molecule has 1 heterocycles. The second-order valence-corrected chi connectivity index (χ2v) is 5.53. The van der Waals surface area contributed by atoms with Gasteiger partial charge in [0.25, 0.3) is 0 Å². The Morgan fingerprint density at radius 1 is 1.50 bits per heavy atom. The molecule has 0 fully saturated rings. The molecule has 108 valence electrons. The highest BCUT2D eigenvalue weighted by Gasteiger charge is 2.11. The van der Waals surface area contributed by atoms with Gasteiger partial charge in [0.05, 0.1) is 22.5 Å². The summed E-state index contributed by atoms with van der Waals surface area (Å²) in [5.41, 5.74) is 1.58. The molecule has 0 spiro atoms. The average molecular weight is 342 g/mol. The van der Waals surface area contributed by atoms with Crippen LogP contribution in [0.15, 0.2) is 28.9 Å². The van der Waals surface area contributed by atoms with E-state index in [0.717, 1.165) is 11.4 Å². The first-order valence-corrected chi connectivity index (χ1v) is 7.07. The first kappa shape index (κ1) is 15.0. The number of aromatic nitrogens is 2. The minimum absolute atomic E-state index is 0.112. The Bertz CT molecular complexity index is 600. The number of imidazole rings is 1. The maximum absolute atomic E-state index is 13.7. The summed E-state index contributed by atoms with van der Waals surface area (Å²) in [5.74, 6) is 0.374. The van der Waals surface area contributed by atoms with Crippen LogP contribution in [0, 0.1) is 12.7 Å². The quantitative estimate of drug-likeness (QED) is 0.904. The Kier molecular flexibility index (Phi) is 4.77. The predicted molar refractivity (Wildman–Crippen MR) is 80.9 cm³/mol. The first-order valence-electron chi connectivity index (χ1n) is 6.28. The van der Waals surface area contributed by atoms with E-state index in [4.69, 9.17) is 4.74 Å². The van der Waals surface area contributed by atoms with Crippen molar-refractivity contribution in [1.82, 2.24) is 9.55 Å². The molecule has 1 N–H and O–H groups in total. The van der Waals surface area contributed by atoms with Crippen LogP contribution >= 0.6 is 15.9 Å². The van der Waals surface area contributed by atoms with Crippen LogP contribution in [-0.4, -0.2) is 29.3 Å². The summed E-state index contributed by atoms with van der Waals surface area (Å²) in [6.45, 7) is 4.47. The van der Waals surface area contributed by atoms with Crippen LogP contribution in [0.2, 0.25) is 0 Å². The molecular weight excluding hydrogens is 325 g/mol. The van der Waals surface area contributed by atoms with Crippen molar-refractivity contribution in [3.63, 3.8) is 0 Å². The third kappa shape index (κ3) is 3.37. The van der Waals surface area contributed by atoms with Gasteiger partial charge in [0, 0.05) is 19.3 Å². The number of ether oxygens (including phenoxy) is 1. The Balaban J connectivity index is 2.33. The van der Waals surface area contributed by atoms with Crippen molar-refractivity contribution in [2.24, 2.45) is 0 Å². The number of rotatable bonds is 5. The number of hydrogen-bond acceptors (Lipinski definition) is 3. The third-order valence-electron chi connectivity index (χ3n) is 2.80. The Hall–Kier alpha value is -1.40. The monoisotopic (exact) mass is 341 g/mol. The molecule has 1 unspecified atom stereocenters. The van der Waals surface area contributed by atoms with Gasteiger partial charge in [-0.25, -0.2) is 9.37 Å².